The van der Waals surface area contributed by atoms with Crippen molar-refractivity contribution in [2.24, 2.45) is 0 Å². The Morgan fingerprint density at radius 2 is 1.86 bits per heavy atom. The Hall–Kier alpha value is -1.94. The summed E-state index contributed by atoms with van der Waals surface area (Å²) in [7, 11) is 0. The van der Waals surface area contributed by atoms with Crippen LogP contribution in [0.25, 0.3) is 11.3 Å². The van der Waals surface area contributed by atoms with Crippen LogP contribution in [0.2, 0.25) is 0 Å². The number of benzene rings is 1. The van der Waals surface area contributed by atoms with Gasteiger partial charge < -0.3 is 10.2 Å². The molecule has 1 aromatic carbocycles. The maximum atomic E-state index is 4.73. The first kappa shape index (κ1) is 14.0. The van der Waals surface area contributed by atoms with Crippen LogP contribution in [-0.4, -0.2) is 36.1 Å². The van der Waals surface area contributed by atoms with Crippen LogP contribution in [0.15, 0.2) is 36.5 Å². The SMILES string of the molecule is CCCc1ccc(-c2ccnc(N3CCNCC3)n2)cc1. The van der Waals surface area contributed by atoms with Crippen molar-refractivity contribution in [2.75, 3.05) is 31.1 Å². The van der Waals surface area contributed by atoms with E-state index in [9.17, 15) is 0 Å². The van der Waals surface area contributed by atoms with Crippen LogP contribution in [-0.2, 0) is 6.42 Å². The van der Waals surface area contributed by atoms with Gasteiger partial charge in [0, 0.05) is 37.9 Å². The lowest BCUT2D eigenvalue weighted by atomic mass is 10.1. The number of hydrogen-bond donors (Lipinski definition) is 1. The van der Waals surface area contributed by atoms with Gasteiger partial charge in [0.25, 0.3) is 0 Å². The topological polar surface area (TPSA) is 41.1 Å². The molecule has 0 atom stereocenters. The zero-order chi connectivity index (χ0) is 14.5. The van der Waals surface area contributed by atoms with E-state index in [1.165, 1.54) is 12.0 Å². The van der Waals surface area contributed by atoms with Crippen molar-refractivity contribution in [3.05, 3.63) is 42.1 Å². The molecule has 0 aliphatic carbocycles. The van der Waals surface area contributed by atoms with Crippen LogP contribution in [0.3, 0.4) is 0 Å². The highest BCUT2D eigenvalue weighted by Gasteiger charge is 2.13. The second-order valence-corrected chi connectivity index (χ2v) is 5.43. The minimum Gasteiger partial charge on any atom is -0.338 e. The quantitative estimate of drug-likeness (QED) is 0.935. The summed E-state index contributed by atoms with van der Waals surface area (Å²) in [6.07, 6.45) is 4.18. The highest BCUT2D eigenvalue weighted by Crippen LogP contribution is 2.20. The summed E-state index contributed by atoms with van der Waals surface area (Å²) < 4.78 is 0. The molecule has 110 valence electrons. The van der Waals surface area contributed by atoms with Crippen molar-refractivity contribution in [3.63, 3.8) is 0 Å². The molecule has 0 amide bonds. The van der Waals surface area contributed by atoms with Gasteiger partial charge in [-0.3, -0.25) is 0 Å². The predicted molar refractivity (Wildman–Crippen MR) is 86.5 cm³/mol. The monoisotopic (exact) mass is 282 g/mol. The molecule has 0 bridgehead atoms. The first-order valence-corrected chi connectivity index (χ1v) is 7.75. The second-order valence-electron chi connectivity index (χ2n) is 5.43. The number of nitrogens with zero attached hydrogens (tertiary/aromatic N) is 3. The molecule has 3 rings (SSSR count). The molecule has 2 aromatic rings. The van der Waals surface area contributed by atoms with Crippen LogP contribution in [0.4, 0.5) is 5.95 Å². The fourth-order valence-electron chi connectivity index (χ4n) is 2.66. The second kappa shape index (κ2) is 6.68. The Morgan fingerprint density at radius 3 is 2.57 bits per heavy atom. The maximum Gasteiger partial charge on any atom is 0.225 e. The zero-order valence-electron chi connectivity index (χ0n) is 12.5. The number of anilines is 1. The Balaban J connectivity index is 1.81. The van der Waals surface area contributed by atoms with Gasteiger partial charge in [0.2, 0.25) is 5.95 Å². The van der Waals surface area contributed by atoms with Gasteiger partial charge in [0.05, 0.1) is 5.69 Å². The smallest absolute Gasteiger partial charge is 0.225 e. The third-order valence-electron chi connectivity index (χ3n) is 3.83. The van der Waals surface area contributed by atoms with E-state index in [0.29, 0.717) is 0 Å². The lowest BCUT2D eigenvalue weighted by Gasteiger charge is -2.27. The fourth-order valence-corrected chi connectivity index (χ4v) is 2.66. The van der Waals surface area contributed by atoms with Crippen LogP contribution in [0.5, 0.6) is 0 Å². The molecule has 4 nitrogen and oxygen atoms in total. The minimum absolute atomic E-state index is 0.839. The molecule has 1 saturated heterocycles. The number of aromatic nitrogens is 2. The van der Waals surface area contributed by atoms with Gasteiger partial charge in [-0.25, -0.2) is 9.97 Å². The molecule has 1 aliphatic rings. The minimum atomic E-state index is 0.839. The summed E-state index contributed by atoms with van der Waals surface area (Å²) in [5.74, 6) is 0.839. The van der Waals surface area contributed by atoms with Crippen LogP contribution >= 0.6 is 0 Å². The summed E-state index contributed by atoms with van der Waals surface area (Å²) in [6, 6.07) is 10.7. The molecule has 4 heteroatoms. The molecule has 21 heavy (non-hydrogen) atoms. The van der Waals surface area contributed by atoms with Crippen molar-refractivity contribution < 1.29 is 0 Å². The van der Waals surface area contributed by atoms with Crippen LogP contribution < -0.4 is 10.2 Å². The molecular weight excluding hydrogens is 260 g/mol. The first-order chi connectivity index (χ1) is 10.4. The molecule has 1 N–H and O–H groups in total. The predicted octanol–water partition coefficient (Wildman–Crippen LogP) is 2.51. The van der Waals surface area contributed by atoms with E-state index in [-0.39, 0.29) is 0 Å². The molecule has 1 aliphatic heterocycles. The molecule has 0 saturated carbocycles. The van der Waals surface area contributed by atoms with Gasteiger partial charge in [-0.2, -0.15) is 0 Å². The van der Waals surface area contributed by atoms with Crippen molar-refractivity contribution in [3.8, 4) is 11.3 Å². The van der Waals surface area contributed by atoms with E-state index in [2.05, 4.69) is 46.4 Å². The number of piperazine rings is 1. The summed E-state index contributed by atoms with van der Waals surface area (Å²) in [5, 5.41) is 3.35. The molecule has 1 aromatic heterocycles. The summed E-state index contributed by atoms with van der Waals surface area (Å²) in [5.41, 5.74) is 3.55. The largest absolute Gasteiger partial charge is 0.338 e. The number of nitrogens with one attached hydrogen (secondary N) is 1. The van der Waals surface area contributed by atoms with Crippen molar-refractivity contribution in [1.82, 2.24) is 15.3 Å². The van der Waals surface area contributed by atoms with E-state index in [0.717, 1.165) is 49.8 Å². The van der Waals surface area contributed by atoms with Crippen LogP contribution in [0.1, 0.15) is 18.9 Å². The average molecular weight is 282 g/mol. The highest BCUT2D eigenvalue weighted by atomic mass is 15.3. The van der Waals surface area contributed by atoms with E-state index in [1.807, 2.05) is 12.3 Å². The van der Waals surface area contributed by atoms with Crippen LogP contribution in [0, 0.1) is 0 Å². The number of rotatable bonds is 4. The molecular formula is C17H22N4. The molecule has 0 radical (unpaired) electrons. The van der Waals surface area contributed by atoms with Gasteiger partial charge in [0.1, 0.15) is 0 Å². The maximum absolute atomic E-state index is 4.73. The third kappa shape index (κ3) is 3.39. The van der Waals surface area contributed by atoms with Crippen molar-refractivity contribution in [2.45, 2.75) is 19.8 Å². The molecule has 0 unspecified atom stereocenters. The zero-order valence-corrected chi connectivity index (χ0v) is 12.5. The van der Waals surface area contributed by atoms with E-state index in [1.54, 1.807) is 0 Å². The lowest BCUT2D eigenvalue weighted by Crippen LogP contribution is -2.44. The van der Waals surface area contributed by atoms with Gasteiger partial charge >= 0.3 is 0 Å². The van der Waals surface area contributed by atoms with Gasteiger partial charge in [0.15, 0.2) is 0 Å². The van der Waals surface area contributed by atoms with Crippen molar-refractivity contribution >= 4 is 5.95 Å². The van der Waals surface area contributed by atoms with E-state index >= 15 is 0 Å². The van der Waals surface area contributed by atoms with Crippen molar-refractivity contribution in [1.29, 1.82) is 0 Å². The van der Waals surface area contributed by atoms with E-state index < -0.39 is 0 Å². The molecule has 2 heterocycles. The average Bonchev–Trinajstić information content (AvgIpc) is 2.57. The normalized spacial score (nSPS) is 15.2. The third-order valence-corrected chi connectivity index (χ3v) is 3.83. The Labute approximate surface area is 126 Å². The summed E-state index contributed by atoms with van der Waals surface area (Å²) >= 11 is 0. The Bertz CT molecular complexity index is 574. The summed E-state index contributed by atoms with van der Waals surface area (Å²) in [4.78, 5) is 11.4. The fraction of sp³-hybridized carbons (Fsp3) is 0.412. The first-order valence-electron chi connectivity index (χ1n) is 7.75. The van der Waals surface area contributed by atoms with E-state index in [4.69, 9.17) is 4.98 Å². The van der Waals surface area contributed by atoms with Gasteiger partial charge in [-0.15, -0.1) is 0 Å². The standard InChI is InChI=1S/C17H22N4/c1-2-3-14-4-6-15(7-5-14)16-8-9-19-17(20-16)21-12-10-18-11-13-21/h4-9,18H,2-3,10-13H2,1H3. The Kier molecular flexibility index (Phi) is 4.46. The number of aryl methyl sites for hydroxylation is 1. The van der Waals surface area contributed by atoms with Gasteiger partial charge in [-0.05, 0) is 18.1 Å². The molecule has 1 fully saturated rings. The molecule has 0 spiro atoms. The Morgan fingerprint density at radius 1 is 1.10 bits per heavy atom. The lowest BCUT2D eigenvalue weighted by molar-refractivity contribution is 0.580. The van der Waals surface area contributed by atoms with Gasteiger partial charge in [-0.1, -0.05) is 37.6 Å². The number of hydrogen-bond acceptors (Lipinski definition) is 4. The highest BCUT2D eigenvalue weighted by molar-refractivity contribution is 5.60. The summed E-state index contributed by atoms with van der Waals surface area (Å²) in [6.45, 7) is 6.15.